The third kappa shape index (κ3) is 3.47. The van der Waals surface area contributed by atoms with Crippen molar-refractivity contribution in [3.63, 3.8) is 0 Å². The van der Waals surface area contributed by atoms with Gasteiger partial charge in [0.2, 0.25) is 0 Å². The Bertz CT molecular complexity index is 310. The van der Waals surface area contributed by atoms with E-state index in [-0.39, 0.29) is 6.61 Å². The fraction of sp³-hybridized carbons (Fsp3) is 0.250. The molecule has 1 aromatic carbocycles. The second-order valence-electron chi connectivity index (χ2n) is 2.43. The minimum atomic E-state index is -4.81. The van der Waals surface area contributed by atoms with Gasteiger partial charge in [-0.2, -0.15) is 13.2 Å². The molecule has 1 atom stereocenters. The van der Waals surface area contributed by atoms with Crippen LogP contribution in [0, 0.1) is 0 Å². The Morgan fingerprint density at radius 1 is 1.21 bits per heavy atom. The van der Waals surface area contributed by atoms with E-state index in [0.717, 1.165) is 0 Å². The van der Waals surface area contributed by atoms with Crippen molar-refractivity contribution < 1.29 is 21.6 Å². The Balaban J connectivity index is 2.46. The monoisotopic (exact) mass is 224 g/mol. The van der Waals surface area contributed by atoms with E-state index in [1.165, 1.54) is 0 Å². The minimum Gasteiger partial charge on any atom is -0.279 e. The number of halogens is 3. The van der Waals surface area contributed by atoms with Crippen LogP contribution >= 0.6 is 0 Å². The van der Waals surface area contributed by atoms with Crippen molar-refractivity contribution in [1.29, 1.82) is 0 Å². The van der Waals surface area contributed by atoms with Crippen molar-refractivity contribution in [2.45, 2.75) is 12.1 Å². The smallest absolute Gasteiger partial charge is 0.279 e. The highest BCUT2D eigenvalue weighted by Gasteiger charge is 2.38. The zero-order chi connectivity index (χ0) is 10.6. The average molecular weight is 224 g/mol. The molecule has 2 nitrogen and oxygen atoms in total. The lowest BCUT2D eigenvalue weighted by molar-refractivity contribution is -0.0477. The molecule has 14 heavy (non-hydrogen) atoms. The summed E-state index contributed by atoms with van der Waals surface area (Å²) < 4.78 is 49.7. The molecule has 0 saturated carbocycles. The fourth-order valence-electron chi connectivity index (χ4n) is 0.763. The van der Waals surface area contributed by atoms with Gasteiger partial charge < -0.3 is 0 Å². The quantitative estimate of drug-likeness (QED) is 0.788. The van der Waals surface area contributed by atoms with E-state index in [9.17, 15) is 17.4 Å². The van der Waals surface area contributed by atoms with Gasteiger partial charge in [-0.25, -0.2) is 4.21 Å². The molecule has 0 N–H and O–H groups in total. The summed E-state index contributed by atoms with van der Waals surface area (Å²) in [5.41, 5.74) is -4.26. The van der Waals surface area contributed by atoms with Gasteiger partial charge in [0, 0.05) is 0 Å². The van der Waals surface area contributed by atoms with Gasteiger partial charge >= 0.3 is 5.51 Å². The van der Waals surface area contributed by atoms with Crippen LogP contribution in [0.25, 0.3) is 0 Å². The SMILES string of the molecule is O=S(OCc1ccccc1)C(F)(F)F. The molecule has 0 saturated heterocycles. The van der Waals surface area contributed by atoms with Gasteiger partial charge in [0.15, 0.2) is 0 Å². The number of benzene rings is 1. The molecule has 0 aliphatic carbocycles. The fourth-order valence-corrected chi connectivity index (χ4v) is 1.14. The van der Waals surface area contributed by atoms with Gasteiger partial charge in [-0.05, 0) is 5.56 Å². The predicted octanol–water partition coefficient (Wildman–Crippen LogP) is 2.39. The Morgan fingerprint density at radius 2 is 1.79 bits per heavy atom. The minimum absolute atomic E-state index is 0.313. The third-order valence-corrected chi connectivity index (χ3v) is 2.07. The van der Waals surface area contributed by atoms with Crippen LogP contribution in [0.15, 0.2) is 30.3 Å². The molecule has 1 aromatic rings. The van der Waals surface area contributed by atoms with Crippen molar-refractivity contribution >= 4 is 11.1 Å². The van der Waals surface area contributed by atoms with Crippen molar-refractivity contribution in [2.24, 2.45) is 0 Å². The predicted molar refractivity (Wildman–Crippen MR) is 45.4 cm³/mol. The maximum absolute atomic E-state index is 11.7. The first kappa shape index (κ1) is 11.2. The van der Waals surface area contributed by atoms with Gasteiger partial charge in [-0.3, -0.25) is 4.18 Å². The van der Waals surface area contributed by atoms with Crippen molar-refractivity contribution in [2.75, 3.05) is 0 Å². The molecule has 0 fully saturated rings. The van der Waals surface area contributed by atoms with Crippen LogP contribution in [0.5, 0.6) is 0 Å². The molecule has 0 heterocycles. The summed E-state index contributed by atoms with van der Waals surface area (Å²) in [6, 6.07) is 8.23. The molecule has 1 rings (SSSR count). The van der Waals surface area contributed by atoms with E-state index < -0.39 is 16.6 Å². The molecule has 0 aliphatic rings. The molecule has 0 aliphatic heterocycles. The summed E-state index contributed by atoms with van der Waals surface area (Å²) in [5, 5.41) is 0. The van der Waals surface area contributed by atoms with E-state index in [4.69, 9.17) is 0 Å². The Morgan fingerprint density at radius 3 is 2.29 bits per heavy atom. The van der Waals surface area contributed by atoms with Gasteiger partial charge in [0.1, 0.15) is 0 Å². The molecule has 6 heteroatoms. The Labute approximate surface area is 81.4 Å². The lowest BCUT2D eigenvalue weighted by Gasteiger charge is -2.05. The molecule has 1 unspecified atom stereocenters. The summed E-state index contributed by atoms with van der Waals surface area (Å²) in [4.78, 5) is 0. The molecule has 0 aromatic heterocycles. The Hall–Kier alpha value is -0.880. The lowest BCUT2D eigenvalue weighted by atomic mass is 10.2. The molecule has 0 amide bonds. The van der Waals surface area contributed by atoms with Crippen LogP contribution in [0.2, 0.25) is 0 Å². The topological polar surface area (TPSA) is 26.3 Å². The highest BCUT2D eigenvalue weighted by atomic mass is 32.2. The van der Waals surface area contributed by atoms with Crippen molar-refractivity contribution in [3.8, 4) is 0 Å². The molecular weight excluding hydrogens is 217 g/mol. The second-order valence-corrected chi connectivity index (χ2v) is 3.60. The van der Waals surface area contributed by atoms with Gasteiger partial charge in [0.25, 0.3) is 11.1 Å². The number of rotatable bonds is 3. The first-order valence-corrected chi connectivity index (χ1v) is 4.73. The zero-order valence-corrected chi connectivity index (χ0v) is 7.77. The maximum Gasteiger partial charge on any atom is 0.497 e. The average Bonchev–Trinajstić information content (AvgIpc) is 2.14. The van der Waals surface area contributed by atoms with Crippen LogP contribution in [0.4, 0.5) is 13.2 Å². The standard InChI is InChI=1S/C8H7F3O2S/c9-8(10,11)14(12)13-6-7-4-2-1-3-5-7/h1-5H,6H2. The first-order chi connectivity index (χ1) is 6.50. The van der Waals surface area contributed by atoms with Crippen LogP contribution in [0.1, 0.15) is 5.56 Å². The van der Waals surface area contributed by atoms with E-state index in [1.807, 2.05) is 0 Å². The second kappa shape index (κ2) is 4.56. The summed E-state index contributed by atoms with van der Waals surface area (Å²) in [7, 11) is 0. The zero-order valence-electron chi connectivity index (χ0n) is 6.95. The summed E-state index contributed by atoms with van der Waals surface area (Å²) in [6.07, 6.45) is 0. The van der Waals surface area contributed by atoms with Crippen LogP contribution in [-0.2, 0) is 21.9 Å². The molecule has 0 radical (unpaired) electrons. The van der Waals surface area contributed by atoms with Crippen LogP contribution in [-0.4, -0.2) is 9.72 Å². The van der Waals surface area contributed by atoms with Crippen molar-refractivity contribution in [3.05, 3.63) is 35.9 Å². The van der Waals surface area contributed by atoms with E-state index >= 15 is 0 Å². The molecule has 0 bridgehead atoms. The Kier molecular flexibility index (Phi) is 3.65. The maximum atomic E-state index is 11.7. The number of hydrogen-bond acceptors (Lipinski definition) is 2. The van der Waals surface area contributed by atoms with Crippen LogP contribution in [0.3, 0.4) is 0 Å². The van der Waals surface area contributed by atoms with Crippen molar-refractivity contribution in [1.82, 2.24) is 0 Å². The highest BCUT2D eigenvalue weighted by Crippen LogP contribution is 2.21. The molecule has 78 valence electrons. The molecular formula is C8H7F3O2S. The summed E-state index contributed by atoms with van der Waals surface area (Å²) in [5.74, 6) is 0. The summed E-state index contributed by atoms with van der Waals surface area (Å²) >= 11 is -3.24. The summed E-state index contributed by atoms with van der Waals surface area (Å²) in [6.45, 7) is -0.313. The van der Waals surface area contributed by atoms with E-state index in [2.05, 4.69) is 4.18 Å². The van der Waals surface area contributed by atoms with E-state index in [0.29, 0.717) is 5.56 Å². The van der Waals surface area contributed by atoms with E-state index in [1.54, 1.807) is 30.3 Å². The number of alkyl halides is 3. The first-order valence-electron chi connectivity index (χ1n) is 3.66. The molecule has 0 spiro atoms. The lowest BCUT2D eigenvalue weighted by Crippen LogP contribution is -2.18. The normalized spacial score (nSPS) is 13.9. The van der Waals surface area contributed by atoms with Gasteiger partial charge in [-0.1, -0.05) is 30.3 Å². The largest absolute Gasteiger partial charge is 0.497 e. The third-order valence-electron chi connectivity index (χ3n) is 1.36. The highest BCUT2D eigenvalue weighted by molar-refractivity contribution is 7.81. The van der Waals surface area contributed by atoms with Gasteiger partial charge in [-0.15, -0.1) is 0 Å². The van der Waals surface area contributed by atoms with Gasteiger partial charge in [0.05, 0.1) is 6.61 Å². The number of hydrogen-bond donors (Lipinski definition) is 0. The van der Waals surface area contributed by atoms with Crippen LogP contribution < -0.4 is 0 Å².